The molecule has 1 aromatic rings. The Labute approximate surface area is 115 Å². The molecule has 0 bridgehead atoms. The van der Waals surface area contributed by atoms with Gasteiger partial charge in [-0.3, -0.25) is 15.1 Å². The number of thioether (sulfide) groups is 1. The summed E-state index contributed by atoms with van der Waals surface area (Å²) in [5, 5.41) is 11.7. The Morgan fingerprint density at radius 1 is 1.39 bits per heavy atom. The van der Waals surface area contributed by atoms with Gasteiger partial charge in [0, 0.05) is 31.0 Å². The fourth-order valence-electron chi connectivity index (χ4n) is 2.10. The highest BCUT2D eigenvalue weighted by molar-refractivity contribution is 8.14. The van der Waals surface area contributed by atoms with Gasteiger partial charge in [0.15, 0.2) is 5.17 Å². The van der Waals surface area contributed by atoms with Crippen LogP contribution in [0.3, 0.4) is 0 Å². The van der Waals surface area contributed by atoms with Crippen LogP contribution < -0.4 is 0 Å². The second kappa shape index (κ2) is 5.16. The highest BCUT2D eigenvalue weighted by Gasteiger charge is 2.30. The highest BCUT2D eigenvalue weighted by atomic mass is 35.5. The molecule has 1 aromatic carbocycles. The zero-order valence-electron chi connectivity index (χ0n) is 9.48. The van der Waals surface area contributed by atoms with Crippen molar-refractivity contribution in [1.29, 1.82) is 0 Å². The van der Waals surface area contributed by atoms with Crippen LogP contribution in [0.2, 0.25) is 0 Å². The number of halogens is 1. The predicted octanol–water partition coefficient (Wildman–Crippen LogP) is 2.48. The predicted molar refractivity (Wildman–Crippen MR) is 74.6 cm³/mol. The molecular weight excluding hydrogens is 274 g/mol. The molecular formula is C11H12ClN3O2S. The van der Waals surface area contributed by atoms with Crippen LogP contribution in [0.1, 0.15) is 11.6 Å². The first-order chi connectivity index (χ1) is 8.24. The molecule has 7 heteroatoms. The van der Waals surface area contributed by atoms with Crippen molar-refractivity contribution < 1.29 is 4.92 Å². The van der Waals surface area contributed by atoms with Gasteiger partial charge in [0.25, 0.3) is 5.69 Å². The van der Waals surface area contributed by atoms with Gasteiger partial charge in [0.05, 0.1) is 11.0 Å². The third kappa shape index (κ3) is 2.30. The second-order valence-corrected chi connectivity index (χ2v) is 5.13. The summed E-state index contributed by atoms with van der Waals surface area (Å²) in [6.07, 6.45) is 0. The Hall–Kier alpha value is -1.27. The largest absolute Gasteiger partial charge is 0.348 e. The topological polar surface area (TPSA) is 58.7 Å². The highest BCUT2D eigenvalue weighted by Crippen LogP contribution is 2.32. The van der Waals surface area contributed by atoms with E-state index in [4.69, 9.17) is 0 Å². The van der Waals surface area contributed by atoms with Gasteiger partial charge in [-0.05, 0) is 17.7 Å². The molecule has 2 aliphatic rings. The monoisotopic (exact) mass is 285 g/mol. The summed E-state index contributed by atoms with van der Waals surface area (Å²) in [5.74, 6) is 1.12. The lowest BCUT2D eigenvalue weighted by molar-refractivity contribution is -0.384. The molecule has 0 saturated carbocycles. The van der Waals surface area contributed by atoms with E-state index in [-0.39, 0.29) is 29.1 Å². The lowest BCUT2D eigenvalue weighted by atomic mass is 10.1. The fourth-order valence-corrected chi connectivity index (χ4v) is 3.15. The molecule has 0 radical (unpaired) electrons. The molecule has 1 fully saturated rings. The molecule has 1 saturated heterocycles. The van der Waals surface area contributed by atoms with Crippen LogP contribution in [-0.2, 0) is 0 Å². The minimum atomic E-state index is -0.377. The summed E-state index contributed by atoms with van der Waals surface area (Å²) < 4.78 is 0. The molecule has 3 rings (SSSR count). The lowest BCUT2D eigenvalue weighted by Gasteiger charge is -2.12. The average molecular weight is 286 g/mol. The summed E-state index contributed by atoms with van der Waals surface area (Å²) in [5.41, 5.74) is 1.19. The number of nitro benzene ring substituents is 1. The summed E-state index contributed by atoms with van der Waals surface area (Å²) in [7, 11) is 0. The van der Waals surface area contributed by atoms with Gasteiger partial charge in [-0.25, -0.2) is 0 Å². The van der Waals surface area contributed by atoms with Crippen LogP contribution in [0, 0.1) is 10.1 Å². The lowest BCUT2D eigenvalue weighted by Crippen LogP contribution is -2.21. The molecule has 2 aliphatic heterocycles. The number of benzene rings is 1. The van der Waals surface area contributed by atoms with E-state index in [2.05, 4.69) is 9.89 Å². The Kier molecular flexibility index (Phi) is 3.77. The van der Waals surface area contributed by atoms with Gasteiger partial charge in [-0.2, -0.15) is 0 Å². The molecule has 2 heterocycles. The normalized spacial score (nSPS) is 21.2. The van der Waals surface area contributed by atoms with Gasteiger partial charge in [0.1, 0.15) is 0 Å². The van der Waals surface area contributed by atoms with Crippen molar-refractivity contribution in [1.82, 2.24) is 4.90 Å². The van der Waals surface area contributed by atoms with Crippen LogP contribution in [0.25, 0.3) is 0 Å². The number of rotatable bonds is 2. The van der Waals surface area contributed by atoms with E-state index in [0.29, 0.717) is 0 Å². The number of non-ortho nitro benzene ring substituents is 1. The van der Waals surface area contributed by atoms with Crippen molar-refractivity contribution in [2.75, 3.05) is 18.8 Å². The maximum absolute atomic E-state index is 10.6. The van der Waals surface area contributed by atoms with Gasteiger partial charge >= 0.3 is 0 Å². The zero-order valence-corrected chi connectivity index (χ0v) is 11.1. The summed E-state index contributed by atoms with van der Waals surface area (Å²) in [6, 6.07) is 6.84. The molecule has 18 heavy (non-hydrogen) atoms. The van der Waals surface area contributed by atoms with E-state index >= 15 is 0 Å². The van der Waals surface area contributed by atoms with E-state index in [1.54, 1.807) is 36.0 Å². The molecule has 1 unspecified atom stereocenters. The summed E-state index contributed by atoms with van der Waals surface area (Å²) in [4.78, 5) is 17.1. The molecule has 0 aliphatic carbocycles. The quantitative estimate of drug-likeness (QED) is 0.619. The number of amidine groups is 1. The number of hydrogen-bond donors (Lipinski definition) is 0. The van der Waals surface area contributed by atoms with Crippen LogP contribution in [0.15, 0.2) is 29.3 Å². The van der Waals surface area contributed by atoms with E-state index < -0.39 is 0 Å². The van der Waals surface area contributed by atoms with Gasteiger partial charge in [-0.1, -0.05) is 11.8 Å². The van der Waals surface area contributed by atoms with Gasteiger partial charge in [0.2, 0.25) is 0 Å². The first-order valence-corrected chi connectivity index (χ1v) is 6.42. The average Bonchev–Trinajstić information content (AvgIpc) is 2.89. The summed E-state index contributed by atoms with van der Waals surface area (Å²) in [6.45, 7) is 1.97. The molecule has 1 atom stereocenters. The second-order valence-electron chi connectivity index (χ2n) is 4.07. The van der Waals surface area contributed by atoms with Gasteiger partial charge in [-0.15, -0.1) is 12.4 Å². The maximum atomic E-state index is 10.6. The Morgan fingerprint density at radius 3 is 2.72 bits per heavy atom. The number of hydrogen-bond acceptors (Lipinski definition) is 5. The standard InChI is InChI=1S/C11H11N3O2S.ClH/c15-14(16)9-3-1-8(2-4-9)10-7-13-5-6-17-11(13)12-10;/h1-4,10H,5-7H2;1H. The minimum Gasteiger partial charge on any atom is -0.348 e. The SMILES string of the molecule is Cl.O=[N+]([O-])c1ccc(C2CN3CCSC3=N2)cc1. The molecule has 0 aromatic heterocycles. The Bertz CT molecular complexity index is 492. The zero-order chi connectivity index (χ0) is 11.8. The smallest absolute Gasteiger partial charge is 0.269 e. The number of fused-ring (bicyclic) bond motifs is 1. The van der Waals surface area contributed by atoms with Crippen molar-refractivity contribution in [3.63, 3.8) is 0 Å². The number of nitrogens with zero attached hydrogens (tertiary/aromatic N) is 3. The van der Waals surface area contributed by atoms with Crippen molar-refractivity contribution >= 4 is 35.0 Å². The minimum absolute atomic E-state index is 0. The Balaban J connectivity index is 0.00000120. The van der Waals surface area contributed by atoms with E-state index in [1.165, 1.54) is 0 Å². The van der Waals surface area contributed by atoms with E-state index in [9.17, 15) is 10.1 Å². The first-order valence-electron chi connectivity index (χ1n) is 5.44. The molecule has 0 spiro atoms. The third-order valence-electron chi connectivity index (χ3n) is 3.01. The van der Waals surface area contributed by atoms with Crippen LogP contribution >= 0.6 is 24.2 Å². The van der Waals surface area contributed by atoms with Crippen molar-refractivity contribution in [3.05, 3.63) is 39.9 Å². The molecule has 0 amide bonds. The molecule has 96 valence electrons. The fraction of sp³-hybridized carbons (Fsp3) is 0.364. The van der Waals surface area contributed by atoms with Crippen molar-refractivity contribution in [2.45, 2.75) is 6.04 Å². The van der Waals surface area contributed by atoms with E-state index in [1.807, 2.05) is 0 Å². The van der Waals surface area contributed by atoms with Crippen LogP contribution in [0.4, 0.5) is 5.69 Å². The first kappa shape index (κ1) is 13.2. The Morgan fingerprint density at radius 2 is 2.11 bits per heavy atom. The number of nitro groups is 1. The molecule has 5 nitrogen and oxygen atoms in total. The number of aliphatic imine (C=N–C) groups is 1. The third-order valence-corrected chi connectivity index (χ3v) is 4.02. The van der Waals surface area contributed by atoms with E-state index in [0.717, 1.165) is 29.6 Å². The van der Waals surface area contributed by atoms with Gasteiger partial charge < -0.3 is 4.90 Å². The maximum Gasteiger partial charge on any atom is 0.269 e. The van der Waals surface area contributed by atoms with Crippen LogP contribution in [0.5, 0.6) is 0 Å². The molecule has 0 N–H and O–H groups in total. The summed E-state index contributed by atoms with van der Waals surface area (Å²) >= 11 is 1.79. The van der Waals surface area contributed by atoms with Crippen molar-refractivity contribution in [2.24, 2.45) is 4.99 Å². The van der Waals surface area contributed by atoms with Crippen molar-refractivity contribution in [3.8, 4) is 0 Å². The van der Waals surface area contributed by atoms with Crippen LogP contribution in [-0.4, -0.2) is 33.8 Å².